The van der Waals surface area contributed by atoms with Gasteiger partial charge in [0.05, 0.1) is 16.9 Å². The average Bonchev–Trinajstić information content (AvgIpc) is 2.25. The van der Waals surface area contributed by atoms with Crippen molar-refractivity contribution in [2.75, 3.05) is 24.1 Å². The fraction of sp³-hybridized carbons (Fsp3) is 0.615. The predicted octanol–water partition coefficient (Wildman–Crippen LogP) is 2.85. The Morgan fingerprint density at radius 2 is 1.94 bits per heavy atom. The van der Waals surface area contributed by atoms with Gasteiger partial charge in [-0.1, -0.05) is 11.6 Å². The van der Waals surface area contributed by atoms with Crippen LogP contribution in [0.3, 0.4) is 0 Å². The van der Waals surface area contributed by atoms with Gasteiger partial charge in [-0.2, -0.15) is 0 Å². The van der Waals surface area contributed by atoms with Gasteiger partial charge in [0.2, 0.25) is 0 Å². The normalized spacial score (nSPS) is 11.6. The molecule has 0 aromatic carbocycles. The summed E-state index contributed by atoms with van der Waals surface area (Å²) in [5.41, 5.74) is 6.18. The molecule has 0 fully saturated rings. The zero-order valence-electron chi connectivity index (χ0n) is 11.6. The second-order valence-corrected chi connectivity index (χ2v) is 5.36. The third-order valence-corrected chi connectivity index (χ3v) is 3.14. The third-order valence-electron chi connectivity index (χ3n) is 2.85. The van der Waals surface area contributed by atoms with Gasteiger partial charge in [0.25, 0.3) is 0 Å². The minimum absolute atomic E-state index is 0.529. The molecule has 0 atom stereocenters. The van der Waals surface area contributed by atoms with Crippen molar-refractivity contribution in [3.63, 3.8) is 0 Å². The summed E-state index contributed by atoms with van der Waals surface area (Å²) in [6, 6.07) is 2.77. The number of aromatic nitrogens is 1. The molecule has 5 heteroatoms. The number of pyridine rings is 1. The maximum atomic E-state index is 6.05. The molecule has 0 amide bonds. The van der Waals surface area contributed by atoms with Crippen molar-refractivity contribution in [1.29, 1.82) is 0 Å². The van der Waals surface area contributed by atoms with Crippen molar-refractivity contribution in [3.8, 4) is 0 Å². The molecule has 0 bridgehead atoms. The van der Waals surface area contributed by atoms with Crippen molar-refractivity contribution in [2.24, 2.45) is 0 Å². The first-order chi connectivity index (χ1) is 8.41. The Labute approximate surface area is 115 Å². The van der Waals surface area contributed by atoms with E-state index in [1.165, 1.54) is 0 Å². The zero-order chi connectivity index (χ0) is 13.7. The van der Waals surface area contributed by atoms with Crippen LogP contribution >= 0.6 is 11.6 Å². The Kier molecular flexibility index (Phi) is 5.69. The van der Waals surface area contributed by atoms with Gasteiger partial charge in [0.15, 0.2) is 0 Å². The Morgan fingerprint density at radius 3 is 2.44 bits per heavy atom. The van der Waals surface area contributed by atoms with Gasteiger partial charge >= 0.3 is 0 Å². The van der Waals surface area contributed by atoms with E-state index in [2.05, 4.69) is 42.9 Å². The number of rotatable bonds is 6. The number of halogens is 1. The number of nitrogens with one attached hydrogen (secondary N) is 1. The number of nitrogens with zero attached hydrogens (tertiary/aromatic N) is 2. The topological polar surface area (TPSA) is 54.2 Å². The van der Waals surface area contributed by atoms with E-state index in [-0.39, 0.29) is 0 Å². The van der Waals surface area contributed by atoms with Gasteiger partial charge < -0.3 is 11.1 Å². The van der Waals surface area contributed by atoms with Gasteiger partial charge in [0, 0.05) is 25.2 Å². The van der Waals surface area contributed by atoms with Crippen molar-refractivity contribution >= 4 is 23.1 Å². The summed E-state index contributed by atoms with van der Waals surface area (Å²) in [6.45, 7) is 10.6. The highest BCUT2D eigenvalue weighted by Gasteiger charge is 2.12. The van der Waals surface area contributed by atoms with Crippen LogP contribution in [-0.4, -0.2) is 35.1 Å². The van der Waals surface area contributed by atoms with Crippen molar-refractivity contribution in [1.82, 2.24) is 9.88 Å². The lowest BCUT2D eigenvalue weighted by Gasteiger charge is -2.30. The molecule has 0 saturated carbocycles. The van der Waals surface area contributed by atoms with E-state index in [0.717, 1.165) is 13.1 Å². The number of nitrogen functional groups attached to an aromatic ring is 1. The van der Waals surface area contributed by atoms with Crippen LogP contribution in [0.5, 0.6) is 0 Å². The molecule has 4 nitrogen and oxygen atoms in total. The Morgan fingerprint density at radius 1 is 1.33 bits per heavy atom. The SMILES string of the molecule is CC(C)N(CCNc1ncc(N)cc1Cl)C(C)C. The highest BCUT2D eigenvalue weighted by Crippen LogP contribution is 2.20. The van der Waals surface area contributed by atoms with Crippen LogP contribution in [0, 0.1) is 0 Å². The Hall–Kier alpha value is -1.00. The van der Waals surface area contributed by atoms with Crippen LogP contribution in [0.25, 0.3) is 0 Å². The van der Waals surface area contributed by atoms with Crippen LogP contribution in [0.2, 0.25) is 5.02 Å². The molecule has 1 rings (SSSR count). The average molecular weight is 271 g/mol. The van der Waals surface area contributed by atoms with Crippen LogP contribution in [0.15, 0.2) is 12.3 Å². The smallest absolute Gasteiger partial charge is 0.144 e. The molecule has 0 aliphatic carbocycles. The molecule has 1 aromatic heterocycles. The van der Waals surface area contributed by atoms with Gasteiger partial charge in [-0.15, -0.1) is 0 Å². The maximum Gasteiger partial charge on any atom is 0.144 e. The Bertz CT molecular complexity index is 371. The molecule has 1 aromatic rings. The fourth-order valence-corrected chi connectivity index (χ4v) is 2.24. The van der Waals surface area contributed by atoms with Crippen LogP contribution < -0.4 is 11.1 Å². The molecule has 0 aliphatic heterocycles. The quantitative estimate of drug-likeness (QED) is 0.835. The monoisotopic (exact) mass is 270 g/mol. The molecular formula is C13H23ClN4. The second kappa shape index (κ2) is 6.81. The van der Waals surface area contributed by atoms with E-state index < -0.39 is 0 Å². The van der Waals surface area contributed by atoms with Crippen LogP contribution in [0.4, 0.5) is 11.5 Å². The largest absolute Gasteiger partial charge is 0.397 e. The second-order valence-electron chi connectivity index (χ2n) is 4.95. The molecule has 0 radical (unpaired) electrons. The third kappa shape index (κ3) is 4.35. The lowest BCUT2D eigenvalue weighted by Crippen LogP contribution is -2.40. The van der Waals surface area contributed by atoms with Gasteiger partial charge in [-0.3, -0.25) is 4.90 Å². The van der Waals surface area contributed by atoms with Gasteiger partial charge in [0.1, 0.15) is 5.82 Å². The van der Waals surface area contributed by atoms with E-state index in [1.807, 2.05) is 0 Å². The summed E-state index contributed by atoms with van der Waals surface area (Å²) >= 11 is 6.05. The van der Waals surface area contributed by atoms with Gasteiger partial charge in [-0.05, 0) is 33.8 Å². The van der Waals surface area contributed by atoms with E-state index in [0.29, 0.717) is 28.6 Å². The predicted molar refractivity (Wildman–Crippen MR) is 79.1 cm³/mol. The van der Waals surface area contributed by atoms with E-state index in [9.17, 15) is 0 Å². The number of anilines is 2. The molecule has 0 spiro atoms. The van der Waals surface area contributed by atoms with Crippen molar-refractivity contribution < 1.29 is 0 Å². The molecule has 102 valence electrons. The molecule has 0 aliphatic rings. The molecule has 18 heavy (non-hydrogen) atoms. The maximum absolute atomic E-state index is 6.05. The van der Waals surface area contributed by atoms with Crippen LogP contribution in [0.1, 0.15) is 27.7 Å². The molecule has 0 saturated heterocycles. The highest BCUT2D eigenvalue weighted by atomic mass is 35.5. The van der Waals surface area contributed by atoms with E-state index in [1.54, 1.807) is 12.3 Å². The van der Waals surface area contributed by atoms with E-state index in [4.69, 9.17) is 17.3 Å². The summed E-state index contributed by atoms with van der Waals surface area (Å²) in [5, 5.41) is 3.81. The lowest BCUT2D eigenvalue weighted by molar-refractivity contribution is 0.182. The highest BCUT2D eigenvalue weighted by molar-refractivity contribution is 6.33. The summed E-state index contributed by atoms with van der Waals surface area (Å²) in [7, 11) is 0. The van der Waals surface area contributed by atoms with Crippen molar-refractivity contribution in [2.45, 2.75) is 39.8 Å². The number of nitrogens with two attached hydrogens (primary N) is 1. The first-order valence-electron chi connectivity index (χ1n) is 6.32. The minimum Gasteiger partial charge on any atom is -0.397 e. The molecule has 0 unspecified atom stereocenters. The fourth-order valence-electron chi connectivity index (χ4n) is 2.00. The molecular weight excluding hydrogens is 248 g/mol. The first-order valence-corrected chi connectivity index (χ1v) is 6.70. The summed E-state index contributed by atoms with van der Waals surface area (Å²) in [4.78, 5) is 6.59. The van der Waals surface area contributed by atoms with Gasteiger partial charge in [-0.25, -0.2) is 4.98 Å². The summed E-state index contributed by atoms with van der Waals surface area (Å²) in [5.74, 6) is 0.693. The number of hydrogen-bond donors (Lipinski definition) is 2. The molecule has 3 N–H and O–H groups in total. The Balaban J connectivity index is 2.50. The summed E-state index contributed by atoms with van der Waals surface area (Å²) in [6.07, 6.45) is 1.61. The standard InChI is InChI=1S/C13H23ClN4/c1-9(2)18(10(3)4)6-5-16-13-12(14)7-11(15)8-17-13/h7-10H,5-6,15H2,1-4H3,(H,16,17). The first kappa shape index (κ1) is 15.1. The van der Waals surface area contributed by atoms with Crippen LogP contribution in [-0.2, 0) is 0 Å². The molecule has 1 heterocycles. The lowest BCUT2D eigenvalue weighted by atomic mass is 10.2. The van der Waals surface area contributed by atoms with E-state index >= 15 is 0 Å². The summed E-state index contributed by atoms with van der Waals surface area (Å²) < 4.78 is 0. The zero-order valence-corrected chi connectivity index (χ0v) is 12.3. The van der Waals surface area contributed by atoms with Crippen molar-refractivity contribution in [3.05, 3.63) is 17.3 Å². The number of hydrogen-bond acceptors (Lipinski definition) is 4. The minimum atomic E-state index is 0.529.